The van der Waals surface area contributed by atoms with E-state index in [0.717, 1.165) is 49.9 Å². The van der Waals surface area contributed by atoms with Crippen molar-refractivity contribution in [1.82, 2.24) is 0 Å². The second-order valence-electron chi connectivity index (χ2n) is 8.38. The van der Waals surface area contributed by atoms with Gasteiger partial charge >= 0.3 is 6.16 Å². The molecule has 0 amide bonds. The molecule has 3 nitrogen and oxygen atoms in total. The number of unbranched alkanes of at least 4 members (excludes halogenated alkanes) is 3. The maximum atomic E-state index is 11.7. The minimum Gasteiger partial charge on any atom is -0.434 e. The average Bonchev–Trinajstić information content (AvgIpc) is 2.65. The quantitative estimate of drug-likeness (QED) is 0.335. The molecule has 0 aromatic carbocycles. The first-order chi connectivity index (χ1) is 12.2. The fraction of sp³-hybridized carbons (Fsp3) is 0.955. The predicted molar refractivity (Wildman–Crippen MR) is 103 cm³/mol. The highest BCUT2D eigenvalue weighted by molar-refractivity contribution is 5.60. The van der Waals surface area contributed by atoms with E-state index >= 15 is 0 Å². The van der Waals surface area contributed by atoms with Crippen LogP contribution in [0.1, 0.15) is 104 Å². The van der Waals surface area contributed by atoms with Crippen molar-refractivity contribution in [1.29, 1.82) is 0 Å². The van der Waals surface area contributed by atoms with Crippen LogP contribution in [0.3, 0.4) is 0 Å². The molecule has 0 atom stereocenters. The highest BCUT2D eigenvalue weighted by Gasteiger charge is 2.31. The van der Waals surface area contributed by atoms with Gasteiger partial charge in [-0.3, -0.25) is 0 Å². The Morgan fingerprint density at radius 1 is 0.800 bits per heavy atom. The maximum Gasteiger partial charge on any atom is 0.508 e. The molecular weight excluding hydrogens is 312 g/mol. The van der Waals surface area contributed by atoms with E-state index in [1.807, 2.05) is 0 Å². The largest absolute Gasteiger partial charge is 0.508 e. The maximum absolute atomic E-state index is 11.7. The van der Waals surface area contributed by atoms with Gasteiger partial charge in [0, 0.05) is 0 Å². The molecule has 0 unspecified atom stereocenters. The molecule has 2 aliphatic rings. The number of carbonyl (C=O) groups excluding carboxylic acids is 1. The third-order valence-corrected chi connectivity index (χ3v) is 6.47. The van der Waals surface area contributed by atoms with Gasteiger partial charge in [-0.2, -0.15) is 0 Å². The van der Waals surface area contributed by atoms with Crippen LogP contribution in [0, 0.1) is 17.8 Å². The number of ether oxygens (including phenoxy) is 2. The smallest absolute Gasteiger partial charge is 0.434 e. The summed E-state index contributed by atoms with van der Waals surface area (Å²) in [7, 11) is 0. The van der Waals surface area contributed by atoms with E-state index < -0.39 is 6.16 Å². The SMILES string of the molecule is CCCCCOC(=O)OC1CCC(C2CCC(CCCC)CC2)CC1. The van der Waals surface area contributed by atoms with Crippen molar-refractivity contribution in [2.75, 3.05) is 6.61 Å². The normalized spacial score (nSPS) is 30.0. The first-order valence-corrected chi connectivity index (χ1v) is 11.1. The third-order valence-electron chi connectivity index (χ3n) is 6.47. The lowest BCUT2D eigenvalue weighted by Crippen LogP contribution is -2.30. The van der Waals surface area contributed by atoms with Crippen molar-refractivity contribution >= 4 is 6.16 Å². The van der Waals surface area contributed by atoms with Crippen LogP contribution >= 0.6 is 0 Å². The van der Waals surface area contributed by atoms with Gasteiger partial charge in [-0.1, -0.05) is 58.8 Å². The van der Waals surface area contributed by atoms with Gasteiger partial charge in [-0.15, -0.1) is 0 Å². The number of hydrogen-bond acceptors (Lipinski definition) is 3. The highest BCUT2D eigenvalue weighted by Crippen LogP contribution is 2.41. The molecule has 25 heavy (non-hydrogen) atoms. The molecule has 0 spiro atoms. The summed E-state index contributed by atoms with van der Waals surface area (Å²) in [6, 6.07) is 0. The zero-order valence-corrected chi connectivity index (χ0v) is 16.6. The van der Waals surface area contributed by atoms with Crippen LogP contribution in [-0.4, -0.2) is 18.9 Å². The van der Waals surface area contributed by atoms with Gasteiger partial charge in [-0.05, 0) is 62.7 Å². The molecule has 0 aliphatic heterocycles. The Balaban J connectivity index is 1.58. The van der Waals surface area contributed by atoms with Crippen LogP contribution < -0.4 is 0 Å². The Bertz CT molecular complexity index is 352. The van der Waals surface area contributed by atoms with E-state index in [4.69, 9.17) is 9.47 Å². The second-order valence-corrected chi connectivity index (χ2v) is 8.38. The fourth-order valence-corrected chi connectivity index (χ4v) is 4.80. The van der Waals surface area contributed by atoms with Crippen LogP contribution in [0.25, 0.3) is 0 Å². The summed E-state index contributed by atoms with van der Waals surface area (Å²) >= 11 is 0. The van der Waals surface area contributed by atoms with Crippen LogP contribution in [-0.2, 0) is 9.47 Å². The van der Waals surface area contributed by atoms with Gasteiger partial charge in [0.1, 0.15) is 6.10 Å². The summed E-state index contributed by atoms with van der Waals surface area (Å²) in [4.78, 5) is 11.7. The Kier molecular flexibility index (Phi) is 9.72. The Labute approximate surface area is 155 Å². The summed E-state index contributed by atoms with van der Waals surface area (Å²) in [6.45, 7) is 4.95. The van der Waals surface area contributed by atoms with Crippen molar-refractivity contribution < 1.29 is 14.3 Å². The molecule has 0 bridgehead atoms. The molecule has 3 heteroatoms. The predicted octanol–water partition coefficient (Wildman–Crippen LogP) is 6.89. The fourth-order valence-electron chi connectivity index (χ4n) is 4.80. The first-order valence-electron chi connectivity index (χ1n) is 11.1. The van der Waals surface area contributed by atoms with Crippen LogP contribution in [0.2, 0.25) is 0 Å². The molecule has 2 aliphatic carbocycles. The van der Waals surface area contributed by atoms with Gasteiger partial charge in [0.15, 0.2) is 0 Å². The number of rotatable bonds is 9. The van der Waals surface area contributed by atoms with Gasteiger partial charge in [0.05, 0.1) is 6.61 Å². The molecule has 0 heterocycles. The molecule has 0 saturated heterocycles. The van der Waals surface area contributed by atoms with Crippen molar-refractivity contribution in [3.8, 4) is 0 Å². The minimum atomic E-state index is -0.448. The van der Waals surface area contributed by atoms with Crippen LogP contribution in [0.4, 0.5) is 4.79 Å². The van der Waals surface area contributed by atoms with Crippen molar-refractivity contribution in [2.24, 2.45) is 17.8 Å². The van der Waals surface area contributed by atoms with E-state index in [1.165, 1.54) is 57.8 Å². The lowest BCUT2D eigenvalue weighted by molar-refractivity contribution is -0.000967. The van der Waals surface area contributed by atoms with Crippen LogP contribution in [0.5, 0.6) is 0 Å². The van der Waals surface area contributed by atoms with E-state index in [9.17, 15) is 4.79 Å². The van der Waals surface area contributed by atoms with E-state index in [-0.39, 0.29) is 6.10 Å². The van der Waals surface area contributed by atoms with Gasteiger partial charge in [-0.25, -0.2) is 4.79 Å². The standard InChI is InChI=1S/C22H40O3/c1-3-5-7-17-24-22(23)25-21-15-13-20(14-16-21)19-11-9-18(10-12-19)8-6-4-2/h18-21H,3-17H2,1-2H3. The van der Waals surface area contributed by atoms with Gasteiger partial charge in [0.25, 0.3) is 0 Å². The lowest BCUT2D eigenvalue weighted by atomic mass is 9.70. The molecular formula is C22H40O3. The van der Waals surface area contributed by atoms with E-state index in [0.29, 0.717) is 6.61 Å². The van der Waals surface area contributed by atoms with Gasteiger partial charge in [0.2, 0.25) is 0 Å². The molecule has 0 radical (unpaired) electrons. The minimum absolute atomic E-state index is 0.0934. The Morgan fingerprint density at radius 3 is 2.00 bits per heavy atom. The number of hydrogen-bond donors (Lipinski definition) is 0. The molecule has 0 aromatic heterocycles. The third kappa shape index (κ3) is 7.58. The zero-order chi connectivity index (χ0) is 17.9. The summed E-state index contributed by atoms with van der Waals surface area (Å²) in [6.07, 6.45) is 17.3. The van der Waals surface area contributed by atoms with Crippen molar-refractivity contribution in [3.05, 3.63) is 0 Å². The van der Waals surface area contributed by atoms with Crippen molar-refractivity contribution in [2.45, 2.75) is 110 Å². The summed E-state index contributed by atoms with van der Waals surface area (Å²) in [5.74, 6) is 2.80. The summed E-state index contributed by atoms with van der Waals surface area (Å²) in [5, 5.41) is 0. The van der Waals surface area contributed by atoms with E-state index in [1.54, 1.807) is 0 Å². The molecule has 0 aromatic rings. The first kappa shape index (κ1) is 20.6. The summed E-state index contributed by atoms with van der Waals surface area (Å²) in [5.41, 5.74) is 0. The number of carbonyl (C=O) groups is 1. The van der Waals surface area contributed by atoms with Crippen LogP contribution in [0.15, 0.2) is 0 Å². The van der Waals surface area contributed by atoms with E-state index in [2.05, 4.69) is 13.8 Å². The Hall–Kier alpha value is -0.730. The summed E-state index contributed by atoms with van der Waals surface area (Å²) < 4.78 is 10.7. The van der Waals surface area contributed by atoms with Crippen molar-refractivity contribution in [3.63, 3.8) is 0 Å². The Morgan fingerprint density at radius 2 is 1.40 bits per heavy atom. The zero-order valence-electron chi connectivity index (χ0n) is 16.6. The molecule has 146 valence electrons. The second kappa shape index (κ2) is 11.8. The van der Waals surface area contributed by atoms with Gasteiger partial charge < -0.3 is 9.47 Å². The lowest BCUT2D eigenvalue weighted by Gasteiger charge is -2.37. The topological polar surface area (TPSA) is 35.5 Å². The average molecular weight is 353 g/mol. The monoisotopic (exact) mass is 352 g/mol. The highest BCUT2D eigenvalue weighted by atomic mass is 16.7. The molecule has 2 rings (SSSR count). The molecule has 2 saturated carbocycles. The molecule has 2 fully saturated rings. The molecule has 0 N–H and O–H groups in total.